The third-order valence-corrected chi connectivity index (χ3v) is 4.43. The number of nitrogens with one attached hydrogen (secondary N) is 1. The van der Waals surface area contributed by atoms with Crippen molar-refractivity contribution in [3.05, 3.63) is 63.6 Å². The lowest BCUT2D eigenvalue weighted by Crippen LogP contribution is -2.07. The van der Waals surface area contributed by atoms with Gasteiger partial charge in [-0.2, -0.15) is 0 Å². The molecule has 3 nitrogen and oxygen atoms in total. The van der Waals surface area contributed by atoms with Crippen LogP contribution in [0.2, 0.25) is 10.0 Å². The van der Waals surface area contributed by atoms with Crippen LogP contribution in [0.4, 0.5) is 5.69 Å². The molecule has 3 rings (SSSR count). The predicted octanol–water partition coefficient (Wildman–Crippen LogP) is 5.26. The van der Waals surface area contributed by atoms with Crippen molar-refractivity contribution in [1.82, 2.24) is 4.98 Å². The van der Waals surface area contributed by atoms with E-state index in [1.807, 2.05) is 24.3 Å². The lowest BCUT2D eigenvalue weighted by atomic mass is 10.3. The van der Waals surface area contributed by atoms with E-state index in [9.17, 15) is 4.79 Å². The molecule has 1 heterocycles. The summed E-state index contributed by atoms with van der Waals surface area (Å²) >= 11 is 13.4. The second-order valence-electron chi connectivity index (χ2n) is 4.47. The normalized spacial score (nSPS) is 11.2. The minimum atomic E-state index is -0.275. The molecular weight excluding hydrogens is 339 g/mol. The van der Waals surface area contributed by atoms with Crippen molar-refractivity contribution in [3.63, 3.8) is 0 Å². The summed E-state index contributed by atoms with van der Waals surface area (Å²) in [5, 5.41) is 4.40. The molecule has 0 saturated carbocycles. The van der Waals surface area contributed by atoms with Gasteiger partial charge in [-0.1, -0.05) is 35.3 Å². The van der Waals surface area contributed by atoms with Crippen LogP contribution in [0.5, 0.6) is 0 Å². The van der Waals surface area contributed by atoms with Crippen LogP contribution in [0, 0.1) is 0 Å². The Kier molecular flexibility index (Phi) is 4.43. The van der Waals surface area contributed by atoms with Crippen molar-refractivity contribution in [2.24, 2.45) is 0 Å². The van der Waals surface area contributed by atoms with Gasteiger partial charge in [-0.25, -0.2) is 4.98 Å². The molecular formula is C16H10Cl2N2OS. The number of para-hydroxylation sites is 1. The largest absolute Gasteiger partial charge is 0.321 e. The van der Waals surface area contributed by atoms with Crippen LogP contribution >= 0.6 is 34.5 Å². The molecule has 0 unspecified atom stereocenters. The third-order valence-electron chi connectivity index (χ3n) is 2.88. The minimum Gasteiger partial charge on any atom is -0.321 e. The van der Waals surface area contributed by atoms with E-state index < -0.39 is 0 Å². The molecule has 0 atom stereocenters. The van der Waals surface area contributed by atoms with Gasteiger partial charge in [-0.3, -0.25) is 4.79 Å². The van der Waals surface area contributed by atoms with E-state index >= 15 is 0 Å². The first kappa shape index (κ1) is 15.0. The molecule has 0 aliphatic heterocycles. The van der Waals surface area contributed by atoms with Gasteiger partial charge in [0.15, 0.2) is 0 Å². The number of thiazole rings is 1. The topological polar surface area (TPSA) is 42.0 Å². The standard InChI is InChI=1S/C16H10Cl2N2OS/c17-10-5-6-12(11(18)9-10)19-15(21)7-8-16-20-13-3-1-2-4-14(13)22-16/h1-9H,(H,19,21)/b8-7+. The predicted molar refractivity (Wildman–Crippen MR) is 93.7 cm³/mol. The molecule has 0 fully saturated rings. The van der Waals surface area contributed by atoms with Gasteiger partial charge in [-0.15, -0.1) is 11.3 Å². The number of carbonyl (C=O) groups is 1. The van der Waals surface area contributed by atoms with E-state index in [1.54, 1.807) is 24.3 Å². The number of anilines is 1. The number of nitrogens with zero attached hydrogens (tertiary/aromatic N) is 1. The summed E-state index contributed by atoms with van der Waals surface area (Å²) < 4.78 is 1.09. The Balaban J connectivity index is 1.73. The maximum Gasteiger partial charge on any atom is 0.248 e. The maximum absolute atomic E-state index is 11.9. The zero-order chi connectivity index (χ0) is 15.5. The number of aromatic nitrogens is 1. The Hall–Kier alpha value is -1.88. The van der Waals surface area contributed by atoms with Gasteiger partial charge in [0, 0.05) is 11.1 Å². The van der Waals surface area contributed by atoms with Gasteiger partial charge in [0.05, 0.1) is 20.9 Å². The van der Waals surface area contributed by atoms with E-state index in [4.69, 9.17) is 23.2 Å². The molecule has 3 aromatic rings. The average molecular weight is 349 g/mol. The highest BCUT2D eigenvalue weighted by Gasteiger charge is 2.05. The summed E-state index contributed by atoms with van der Waals surface area (Å²) in [4.78, 5) is 16.4. The van der Waals surface area contributed by atoms with Crippen molar-refractivity contribution in [1.29, 1.82) is 0 Å². The lowest BCUT2D eigenvalue weighted by molar-refractivity contribution is -0.111. The zero-order valence-corrected chi connectivity index (χ0v) is 13.5. The van der Waals surface area contributed by atoms with E-state index in [-0.39, 0.29) is 5.91 Å². The number of rotatable bonds is 3. The van der Waals surface area contributed by atoms with E-state index in [2.05, 4.69) is 10.3 Å². The van der Waals surface area contributed by atoms with Gasteiger partial charge >= 0.3 is 0 Å². The molecule has 22 heavy (non-hydrogen) atoms. The van der Waals surface area contributed by atoms with E-state index in [0.29, 0.717) is 15.7 Å². The third kappa shape index (κ3) is 3.47. The molecule has 1 aromatic heterocycles. The van der Waals surface area contributed by atoms with Crippen LogP contribution in [0.15, 0.2) is 48.5 Å². The maximum atomic E-state index is 11.9. The summed E-state index contributed by atoms with van der Waals surface area (Å²) in [6.07, 6.45) is 3.12. The zero-order valence-electron chi connectivity index (χ0n) is 11.2. The average Bonchev–Trinajstić information content (AvgIpc) is 2.91. The molecule has 0 aliphatic rings. The first-order valence-electron chi connectivity index (χ1n) is 6.41. The smallest absolute Gasteiger partial charge is 0.248 e. The van der Waals surface area contributed by atoms with Crippen LogP contribution in [0.25, 0.3) is 16.3 Å². The molecule has 0 aliphatic carbocycles. The SMILES string of the molecule is O=C(/C=C/c1nc2ccccc2s1)Nc1ccc(Cl)cc1Cl. The number of hydrogen-bond acceptors (Lipinski definition) is 3. The van der Waals surface area contributed by atoms with E-state index in [1.165, 1.54) is 17.4 Å². The monoisotopic (exact) mass is 348 g/mol. The molecule has 1 amide bonds. The Morgan fingerprint density at radius 1 is 1.18 bits per heavy atom. The minimum absolute atomic E-state index is 0.275. The first-order chi connectivity index (χ1) is 10.6. The molecule has 0 spiro atoms. The molecule has 0 radical (unpaired) electrons. The van der Waals surface area contributed by atoms with E-state index in [0.717, 1.165) is 15.2 Å². The summed E-state index contributed by atoms with van der Waals surface area (Å²) in [5.74, 6) is -0.275. The van der Waals surface area contributed by atoms with Gasteiger partial charge < -0.3 is 5.32 Å². The van der Waals surface area contributed by atoms with Gasteiger partial charge in [-0.05, 0) is 36.4 Å². The van der Waals surface area contributed by atoms with Crippen LogP contribution in [-0.4, -0.2) is 10.9 Å². The summed E-state index contributed by atoms with van der Waals surface area (Å²) in [5.41, 5.74) is 1.44. The van der Waals surface area contributed by atoms with Crippen LogP contribution < -0.4 is 5.32 Å². The molecule has 0 bridgehead atoms. The summed E-state index contributed by atoms with van der Waals surface area (Å²) in [6.45, 7) is 0. The molecule has 110 valence electrons. The number of hydrogen-bond donors (Lipinski definition) is 1. The molecule has 1 N–H and O–H groups in total. The second kappa shape index (κ2) is 6.48. The number of carbonyl (C=O) groups excluding carboxylic acids is 1. The van der Waals surface area contributed by atoms with Gasteiger partial charge in [0.25, 0.3) is 0 Å². The van der Waals surface area contributed by atoms with Crippen LogP contribution in [-0.2, 0) is 4.79 Å². The second-order valence-corrected chi connectivity index (χ2v) is 6.37. The number of benzene rings is 2. The van der Waals surface area contributed by atoms with Crippen LogP contribution in [0.1, 0.15) is 5.01 Å². The number of amides is 1. The van der Waals surface area contributed by atoms with Crippen molar-refractivity contribution in [2.75, 3.05) is 5.32 Å². The quantitative estimate of drug-likeness (QED) is 0.656. The Labute approximate surface area is 141 Å². The molecule has 6 heteroatoms. The Morgan fingerprint density at radius 3 is 2.77 bits per heavy atom. The van der Waals surface area contributed by atoms with Crippen molar-refractivity contribution in [3.8, 4) is 0 Å². The molecule has 2 aromatic carbocycles. The number of halogens is 2. The first-order valence-corrected chi connectivity index (χ1v) is 7.99. The highest BCUT2D eigenvalue weighted by molar-refractivity contribution is 7.19. The summed E-state index contributed by atoms with van der Waals surface area (Å²) in [7, 11) is 0. The fraction of sp³-hybridized carbons (Fsp3) is 0. The fourth-order valence-corrected chi connectivity index (χ4v) is 3.20. The lowest BCUT2D eigenvalue weighted by Gasteiger charge is -2.04. The van der Waals surface area contributed by atoms with Gasteiger partial charge in [0.2, 0.25) is 5.91 Å². The highest BCUT2D eigenvalue weighted by atomic mass is 35.5. The Bertz CT molecular complexity index is 840. The van der Waals surface area contributed by atoms with Crippen molar-refractivity contribution < 1.29 is 4.79 Å². The Morgan fingerprint density at radius 2 is 2.00 bits per heavy atom. The van der Waals surface area contributed by atoms with Crippen molar-refractivity contribution in [2.45, 2.75) is 0 Å². The van der Waals surface area contributed by atoms with Crippen molar-refractivity contribution >= 4 is 62.4 Å². The van der Waals surface area contributed by atoms with Gasteiger partial charge in [0.1, 0.15) is 5.01 Å². The number of fused-ring (bicyclic) bond motifs is 1. The highest BCUT2D eigenvalue weighted by Crippen LogP contribution is 2.25. The summed E-state index contributed by atoms with van der Waals surface area (Å²) in [6, 6.07) is 12.7. The molecule has 0 saturated heterocycles. The fourth-order valence-electron chi connectivity index (χ4n) is 1.87. The van der Waals surface area contributed by atoms with Crippen LogP contribution in [0.3, 0.4) is 0 Å².